The maximum Gasteiger partial charge on any atom is 0.131 e. The van der Waals surface area contributed by atoms with E-state index in [2.05, 4.69) is 27.8 Å². The van der Waals surface area contributed by atoms with E-state index in [1.807, 2.05) is 24.0 Å². The van der Waals surface area contributed by atoms with E-state index in [0.717, 1.165) is 5.82 Å². The number of hydrogen-bond donors (Lipinski definition) is 1. The zero-order valence-electron chi connectivity index (χ0n) is 12.1. The highest BCUT2D eigenvalue weighted by Crippen LogP contribution is 2.24. The number of nitrogens with zero attached hydrogens (tertiary/aromatic N) is 2. The minimum absolute atomic E-state index is 0.0303. The van der Waals surface area contributed by atoms with E-state index in [-0.39, 0.29) is 12.1 Å². The van der Waals surface area contributed by atoms with Crippen molar-refractivity contribution in [2.24, 2.45) is 7.05 Å². The highest BCUT2D eigenvalue weighted by molar-refractivity contribution is 7.10. The van der Waals surface area contributed by atoms with Gasteiger partial charge in [0.05, 0.1) is 12.7 Å². The van der Waals surface area contributed by atoms with E-state index in [0.29, 0.717) is 13.2 Å². The van der Waals surface area contributed by atoms with E-state index in [1.54, 1.807) is 25.6 Å². The number of aryl methyl sites for hydroxylation is 1. The molecule has 0 amide bonds. The van der Waals surface area contributed by atoms with Crippen molar-refractivity contribution in [1.29, 1.82) is 0 Å². The van der Waals surface area contributed by atoms with E-state index in [9.17, 15) is 0 Å². The van der Waals surface area contributed by atoms with Crippen molar-refractivity contribution in [2.45, 2.75) is 12.1 Å². The van der Waals surface area contributed by atoms with E-state index in [4.69, 9.17) is 9.47 Å². The number of aromatic nitrogens is 2. The number of hydrogen-bond acceptors (Lipinski definition) is 5. The van der Waals surface area contributed by atoms with Crippen LogP contribution in [-0.4, -0.2) is 43.0 Å². The number of imidazole rings is 1. The summed E-state index contributed by atoms with van der Waals surface area (Å²) in [5.41, 5.74) is 0. The monoisotopic (exact) mass is 295 g/mol. The van der Waals surface area contributed by atoms with Crippen LogP contribution in [0.2, 0.25) is 0 Å². The smallest absolute Gasteiger partial charge is 0.131 e. The summed E-state index contributed by atoms with van der Waals surface area (Å²) < 4.78 is 12.6. The Labute approximate surface area is 123 Å². The lowest BCUT2D eigenvalue weighted by molar-refractivity contribution is 0.0278. The van der Waals surface area contributed by atoms with Crippen molar-refractivity contribution in [3.63, 3.8) is 0 Å². The highest BCUT2D eigenvalue weighted by Gasteiger charge is 2.20. The predicted molar refractivity (Wildman–Crippen MR) is 80.0 cm³/mol. The van der Waals surface area contributed by atoms with Crippen LogP contribution in [-0.2, 0) is 16.5 Å². The first kappa shape index (κ1) is 15.2. The van der Waals surface area contributed by atoms with Crippen LogP contribution in [0.1, 0.15) is 16.7 Å². The molecule has 0 aliphatic heterocycles. The zero-order valence-corrected chi connectivity index (χ0v) is 12.9. The molecule has 0 bridgehead atoms. The fourth-order valence-corrected chi connectivity index (χ4v) is 2.87. The maximum absolute atomic E-state index is 5.39. The molecule has 0 radical (unpaired) electrons. The van der Waals surface area contributed by atoms with Gasteiger partial charge in [-0.1, -0.05) is 6.07 Å². The lowest BCUT2D eigenvalue weighted by Gasteiger charge is -2.21. The molecule has 2 aromatic heterocycles. The molecule has 2 aromatic rings. The number of thiophene rings is 1. The number of ether oxygens (including phenoxy) is 2. The number of rotatable bonds is 8. The molecule has 0 aliphatic carbocycles. The summed E-state index contributed by atoms with van der Waals surface area (Å²) in [4.78, 5) is 5.70. The first-order valence-electron chi connectivity index (χ1n) is 6.52. The molecule has 20 heavy (non-hydrogen) atoms. The number of nitrogens with one attached hydrogen (secondary N) is 1. The Bertz CT molecular complexity index is 498. The molecule has 2 atom stereocenters. The molecule has 0 fully saturated rings. The molecule has 2 heterocycles. The molecule has 0 aromatic carbocycles. The van der Waals surface area contributed by atoms with E-state index >= 15 is 0 Å². The van der Waals surface area contributed by atoms with Gasteiger partial charge in [0.25, 0.3) is 0 Å². The minimum atomic E-state index is 0.0303. The average molecular weight is 295 g/mol. The second-order valence-electron chi connectivity index (χ2n) is 4.57. The molecule has 5 nitrogen and oxygen atoms in total. The zero-order chi connectivity index (χ0) is 14.4. The van der Waals surface area contributed by atoms with Crippen LogP contribution in [0, 0.1) is 0 Å². The topological polar surface area (TPSA) is 48.3 Å². The second kappa shape index (κ2) is 7.54. The van der Waals surface area contributed by atoms with Gasteiger partial charge >= 0.3 is 0 Å². The third-order valence-electron chi connectivity index (χ3n) is 3.18. The van der Waals surface area contributed by atoms with Gasteiger partial charge in [0.1, 0.15) is 11.9 Å². The maximum atomic E-state index is 5.39. The van der Waals surface area contributed by atoms with Gasteiger partial charge in [0.15, 0.2) is 0 Å². The van der Waals surface area contributed by atoms with E-state index in [1.165, 1.54) is 4.88 Å². The fraction of sp³-hybridized carbons (Fsp3) is 0.500. The molecule has 0 spiro atoms. The van der Waals surface area contributed by atoms with Gasteiger partial charge in [-0.05, 0) is 11.4 Å². The van der Waals surface area contributed by atoms with Gasteiger partial charge in [-0.2, -0.15) is 0 Å². The standard InChI is InChI=1S/C14H21N3O2S/c1-17-7-6-15-14(17)13(12-5-4-8-20-12)16-9-11(19-3)10-18-2/h4-8,11,13,16H,9-10H2,1-3H3. The summed E-state index contributed by atoms with van der Waals surface area (Å²) in [6.07, 6.45) is 3.81. The summed E-state index contributed by atoms with van der Waals surface area (Å²) in [6.45, 7) is 1.28. The molecule has 2 unspecified atom stereocenters. The summed E-state index contributed by atoms with van der Waals surface area (Å²) in [5.74, 6) is 1.000. The summed E-state index contributed by atoms with van der Waals surface area (Å²) >= 11 is 1.72. The highest BCUT2D eigenvalue weighted by atomic mass is 32.1. The molecule has 0 saturated heterocycles. The van der Waals surface area contributed by atoms with Gasteiger partial charge in [-0.3, -0.25) is 0 Å². The van der Waals surface area contributed by atoms with Crippen molar-refractivity contribution in [2.75, 3.05) is 27.4 Å². The Kier molecular flexibility index (Phi) is 5.72. The molecule has 110 valence electrons. The van der Waals surface area contributed by atoms with Crippen LogP contribution in [0.4, 0.5) is 0 Å². The Morgan fingerprint density at radius 2 is 2.30 bits per heavy atom. The quantitative estimate of drug-likeness (QED) is 0.807. The van der Waals surface area contributed by atoms with Crippen LogP contribution >= 0.6 is 11.3 Å². The molecular formula is C14H21N3O2S. The molecule has 0 saturated carbocycles. The van der Waals surface area contributed by atoms with Crippen LogP contribution < -0.4 is 5.32 Å². The fourth-order valence-electron chi connectivity index (χ4n) is 2.08. The van der Waals surface area contributed by atoms with Crippen LogP contribution in [0.25, 0.3) is 0 Å². The van der Waals surface area contributed by atoms with Gasteiger partial charge in [-0.15, -0.1) is 11.3 Å². The third-order valence-corrected chi connectivity index (χ3v) is 4.12. The van der Waals surface area contributed by atoms with Crippen LogP contribution in [0.15, 0.2) is 29.9 Å². The van der Waals surface area contributed by atoms with Crippen molar-refractivity contribution in [3.05, 3.63) is 40.6 Å². The summed E-state index contributed by atoms with van der Waals surface area (Å²) in [5, 5.41) is 5.60. The molecule has 0 aliphatic rings. The van der Waals surface area contributed by atoms with Crippen molar-refractivity contribution < 1.29 is 9.47 Å². The Hall–Kier alpha value is -1.21. The van der Waals surface area contributed by atoms with E-state index < -0.39 is 0 Å². The third kappa shape index (κ3) is 3.67. The van der Waals surface area contributed by atoms with Crippen LogP contribution in [0.5, 0.6) is 0 Å². The normalized spacial score (nSPS) is 14.3. The summed E-state index contributed by atoms with van der Waals surface area (Å²) in [7, 11) is 5.39. The largest absolute Gasteiger partial charge is 0.382 e. The first-order chi connectivity index (χ1) is 9.76. The summed E-state index contributed by atoms with van der Waals surface area (Å²) in [6, 6.07) is 4.25. The predicted octanol–water partition coefficient (Wildman–Crippen LogP) is 1.82. The SMILES string of the molecule is COCC(CNC(c1cccs1)c1nccn1C)OC. The molecule has 6 heteroatoms. The first-order valence-corrected chi connectivity index (χ1v) is 7.40. The molecule has 2 rings (SSSR count). The lowest BCUT2D eigenvalue weighted by atomic mass is 10.2. The van der Waals surface area contributed by atoms with Crippen molar-refractivity contribution in [3.8, 4) is 0 Å². The lowest BCUT2D eigenvalue weighted by Crippen LogP contribution is -2.35. The second-order valence-corrected chi connectivity index (χ2v) is 5.55. The molecule has 1 N–H and O–H groups in total. The van der Waals surface area contributed by atoms with Crippen molar-refractivity contribution >= 4 is 11.3 Å². The van der Waals surface area contributed by atoms with Gasteiger partial charge in [-0.25, -0.2) is 4.98 Å². The molecular weight excluding hydrogens is 274 g/mol. The average Bonchev–Trinajstić information content (AvgIpc) is 3.10. The van der Waals surface area contributed by atoms with Crippen molar-refractivity contribution in [1.82, 2.24) is 14.9 Å². The van der Waals surface area contributed by atoms with Crippen LogP contribution in [0.3, 0.4) is 0 Å². The van der Waals surface area contributed by atoms with Gasteiger partial charge in [0.2, 0.25) is 0 Å². The van der Waals surface area contributed by atoms with Gasteiger partial charge < -0.3 is 19.4 Å². The Morgan fingerprint density at radius 1 is 1.45 bits per heavy atom. The Morgan fingerprint density at radius 3 is 2.85 bits per heavy atom. The Balaban J connectivity index is 2.10. The van der Waals surface area contributed by atoms with Gasteiger partial charge in [0, 0.05) is 45.1 Å². The number of methoxy groups -OCH3 is 2. The minimum Gasteiger partial charge on any atom is -0.382 e.